The normalized spacial score (nSPS) is 12.8. The molecule has 0 radical (unpaired) electrons. The van der Waals surface area contributed by atoms with Gasteiger partial charge in [-0.1, -0.05) is 18.2 Å². The van der Waals surface area contributed by atoms with E-state index in [4.69, 9.17) is 16.1 Å². The van der Waals surface area contributed by atoms with Crippen molar-refractivity contribution in [3.05, 3.63) is 35.4 Å². The van der Waals surface area contributed by atoms with Crippen molar-refractivity contribution in [2.45, 2.75) is 30.4 Å². The molecule has 0 aliphatic carbocycles. The maximum Gasteiger partial charge on any atom is 0.321 e. The summed E-state index contributed by atoms with van der Waals surface area (Å²) in [6.45, 7) is 3.59. The van der Waals surface area contributed by atoms with Gasteiger partial charge in [0.15, 0.2) is 0 Å². The molecule has 5 heteroatoms. The topological polar surface area (TPSA) is 87.1 Å². The van der Waals surface area contributed by atoms with Gasteiger partial charge < -0.3 is 10.8 Å². The molecule has 0 aliphatic rings. The zero-order chi connectivity index (χ0) is 13.8. The summed E-state index contributed by atoms with van der Waals surface area (Å²) >= 11 is 1.44. The predicted octanol–water partition coefficient (Wildman–Crippen LogP) is 1.98. The van der Waals surface area contributed by atoms with Crippen LogP contribution in [0.2, 0.25) is 0 Å². The van der Waals surface area contributed by atoms with E-state index in [0.717, 1.165) is 5.56 Å². The van der Waals surface area contributed by atoms with Crippen LogP contribution in [0.3, 0.4) is 0 Å². The summed E-state index contributed by atoms with van der Waals surface area (Å²) in [5.41, 5.74) is 7.16. The van der Waals surface area contributed by atoms with E-state index in [2.05, 4.69) is 6.07 Å². The lowest BCUT2D eigenvalue weighted by atomic mass is 10.1. The van der Waals surface area contributed by atoms with Crippen molar-refractivity contribution in [2.24, 2.45) is 5.73 Å². The summed E-state index contributed by atoms with van der Waals surface area (Å²) in [4.78, 5) is 10.9. The minimum Gasteiger partial charge on any atom is -0.480 e. The fourth-order valence-electron chi connectivity index (χ4n) is 1.41. The highest BCUT2D eigenvalue weighted by Crippen LogP contribution is 2.31. The van der Waals surface area contributed by atoms with E-state index in [1.807, 2.05) is 12.1 Å². The van der Waals surface area contributed by atoms with Crippen LogP contribution in [0.15, 0.2) is 24.3 Å². The number of hydrogen-bond acceptors (Lipinski definition) is 4. The molecular weight excluding hydrogens is 248 g/mol. The third-order valence-electron chi connectivity index (χ3n) is 2.75. The van der Waals surface area contributed by atoms with E-state index >= 15 is 0 Å². The van der Waals surface area contributed by atoms with E-state index in [0.29, 0.717) is 11.3 Å². The van der Waals surface area contributed by atoms with E-state index in [1.165, 1.54) is 11.8 Å². The predicted molar refractivity (Wildman–Crippen MR) is 72.1 cm³/mol. The number of nitriles is 1. The zero-order valence-corrected chi connectivity index (χ0v) is 11.2. The lowest BCUT2D eigenvalue weighted by molar-refractivity contribution is -0.139. The van der Waals surface area contributed by atoms with Gasteiger partial charge in [-0.2, -0.15) is 5.26 Å². The molecule has 0 spiro atoms. The molecule has 0 saturated heterocycles. The second-order valence-electron chi connectivity index (χ2n) is 4.48. The van der Waals surface area contributed by atoms with Gasteiger partial charge in [-0.15, -0.1) is 11.8 Å². The van der Waals surface area contributed by atoms with Crippen LogP contribution in [-0.2, 0) is 10.5 Å². The highest BCUT2D eigenvalue weighted by atomic mass is 32.2. The lowest BCUT2D eigenvalue weighted by Crippen LogP contribution is -2.46. The van der Waals surface area contributed by atoms with E-state index in [9.17, 15) is 4.79 Å². The summed E-state index contributed by atoms with van der Waals surface area (Å²) in [6, 6.07) is 8.48. The van der Waals surface area contributed by atoms with Gasteiger partial charge >= 0.3 is 5.97 Å². The summed E-state index contributed by atoms with van der Waals surface area (Å²) in [5.74, 6) is -0.446. The fraction of sp³-hybridized carbons (Fsp3) is 0.385. The standard InChI is InChI=1S/C13H16N2O2S/c1-13(2,11(15)12(16)17)18-8-10-6-4-3-5-9(10)7-14/h3-6,11H,8,15H2,1-2H3,(H,16,17)/t11-/m1/s1. The van der Waals surface area contributed by atoms with E-state index in [1.54, 1.807) is 26.0 Å². The molecule has 1 atom stereocenters. The quantitative estimate of drug-likeness (QED) is 0.849. The van der Waals surface area contributed by atoms with Gasteiger partial charge in [-0.3, -0.25) is 4.79 Å². The minimum absolute atomic E-state index is 0.567. The Balaban J connectivity index is 2.76. The maximum absolute atomic E-state index is 10.9. The molecule has 1 rings (SSSR count). The average molecular weight is 264 g/mol. The van der Waals surface area contributed by atoms with Gasteiger partial charge in [0.05, 0.1) is 11.6 Å². The molecule has 0 aliphatic heterocycles. The third-order valence-corrected chi connectivity index (χ3v) is 4.21. The first-order valence-corrected chi connectivity index (χ1v) is 6.47. The smallest absolute Gasteiger partial charge is 0.321 e. The van der Waals surface area contributed by atoms with Crippen LogP contribution >= 0.6 is 11.8 Å². The minimum atomic E-state index is -1.01. The monoisotopic (exact) mass is 264 g/mol. The molecule has 1 aromatic rings. The molecule has 3 N–H and O–H groups in total. The van der Waals surface area contributed by atoms with Crippen LogP contribution in [-0.4, -0.2) is 21.9 Å². The summed E-state index contributed by atoms with van der Waals surface area (Å²) in [7, 11) is 0. The maximum atomic E-state index is 10.9. The first-order valence-electron chi connectivity index (χ1n) is 5.49. The van der Waals surface area contributed by atoms with Crippen molar-refractivity contribution in [3.63, 3.8) is 0 Å². The Kier molecular flexibility index (Phi) is 4.76. The first-order chi connectivity index (χ1) is 8.38. The highest BCUT2D eigenvalue weighted by Gasteiger charge is 2.32. The van der Waals surface area contributed by atoms with Crippen LogP contribution in [0.4, 0.5) is 0 Å². The van der Waals surface area contributed by atoms with Crippen molar-refractivity contribution in [1.29, 1.82) is 5.26 Å². The number of nitrogens with zero attached hydrogens (tertiary/aromatic N) is 1. The number of hydrogen-bond donors (Lipinski definition) is 2. The van der Waals surface area contributed by atoms with Gasteiger partial charge in [0.2, 0.25) is 0 Å². The van der Waals surface area contributed by atoms with Crippen LogP contribution in [0.25, 0.3) is 0 Å². The van der Waals surface area contributed by atoms with Gasteiger partial charge in [0.1, 0.15) is 6.04 Å². The number of rotatable bonds is 5. The Morgan fingerprint density at radius 3 is 2.72 bits per heavy atom. The van der Waals surface area contributed by atoms with E-state index in [-0.39, 0.29) is 0 Å². The Labute approximate surface area is 111 Å². The Morgan fingerprint density at radius 2 is 2.17 bits per heavy atom. The Morgan fingerprint density at radius 1 is 1.56 bits per heavy atom. The number of carbonyl (C=O) groups is 1. The van der Waals surface area contributed by atoms with Crippen LogP contribution in [0.5, 0.6) is 0 Å². The second kappa shape index (κ2) is 5.89. The average Bonchev–Trinajstić information content (AvgIpc) is 2.35. The third kappa shape index (κ3) is 3.49. The number of nitrogens with two attached hydrogens (primary N) is 1. The lowest BCUT2D eigenvalue weighted by Gasteiger charge is -2.28. The molecule has 0 bridgehead atoms. The van der Waals surface area contributed by atoms with Gasteiger partial charge in [-0.05, 0) is 25.5 Å². The summed E-state index contributed by atoms with van der Waals surface area (Å²) in [5, 5.41) is 17.9. The van der Waals surface area contributed by atoms with Crippen molar-refractivity contribution in [3.8, 4) is 6.07 Å². The van der Waals surface area contributed by atoms with Crippen LogP contribution in [0.1, 0.15) is 25.0 Å². The molecule has 0 unspecified atom stereocenters. The molecule has 0 saturated carbocycles. The molecule has 18 heavy (non-hydrogen) atoms. The van der Waals surface area contributed by atoms with Gasteiger partial charge in [0, 0.05) is 10.5 Å². The molecule has 1 aromatic carbocycles. The number of thioether (sulfide) groups is 1. The molecular formula is C13H16N2O2S. The summed E-state index contributed by atoms with van der Waals surface area (Å²) < 4.78 is -0.589. The summed E-state index contributed by atoms with van der Waals surface area (Å²) in [6.07, 6.45) is 0. The van der Waals surface area contributed by atoms with Crippen LogP contribution < -0.4 is 5.73 Å². The Hall–Kier alpha value is -1.51. The van der Waals surface area contributed by atoms with Crippen molar-refractivity contribution in [2.75, 3.05) is 0 Å². The largest absolute Gasteiger partial charge is 0.480 e. The second-order valence-corrected chi connectivity index (χ2v) is 6.11. The number of benzene rings is 1. The highest BCUT2D eigenvalue weighted by molar-refractivity contribution is 7.99. The van der Waals surface area contributed by atoms with Crippen molar-refractivity contribution in [1.82, 2.24) is 0 Å². The van der Waals surface area contributed by atoms with Crippen molar-refractivity contribution >= 4 is 17.7 Å². The van der Waals surface area contributed by atoms with Crippen molar-refractivity contribution < 1.29 is 9.90 Å². The number of carboxylic acid groups (broad SMARTS) is 1. The molecule has 4 nitrogen and oxygen atoms in total. The first kappa shape index (κ1) is 14.6. The SMILES string of the molecule is CC(C)(SCc1ccccc1C#N)[C@H](N)C(=O)O. The van der Waals surface area contributed by atoms with Gasteiger partial charge in [-0.25, -0.2) is 0 Å². The molecule has 0 fully saturated rings. The number of carboxylic acids is 1. The fourth-order valence-corrected chi connectivity index (χ4v) is 2.47. The molecule has 0 heterocycles. The zero-order valence-electron chi connectivity index (χ0n) is 10.4. The molecule has 96 valence electrons. The van der Waals surface area contributed by atoms with Crippen LogP contribution in [0, 0.1) is 11.3 Å². The molecule has 0 amide bonds. The molecule has 0 aromatic heterocycles. The van der Waals surface area contributed by atoms with Gasteiger partial charge in [0.25, 0.3) is 0 Å². The number of aliphatic carboxylic acids is 1. The van der Waals surface area contributed by atoms with E-state index < -0.39 is 16.8 Å². The Bertz CT molecular complexity index is 480.